The summed E-state index contributed by atoms with van der Waals surface area (Å²) in [6.07, 6.45) is 0.855. The molecule has 0 aliphatic carbocycles. The lowest BCUT2D eigenvalue weighted by atomic mass is 9.99. The molecule has 0 aliphatic heterocycles. The van der Waals surface area contributed by atoms with Gasteiger partial charge in [-0.3, -0.25) is 9.48 Å². The summed E-state index contributed by atoms with van der Waals surface area (Å²) in [5.74, 6) is -1.38. The molecule has 0 aliphatic rings. The normalized spacial score (nSPS) is 13.8. The Morgan fingerprint density at radius 1 is 1.40 bits per heavy atom. The number of nitrogens with one attached hydrogen (secondary N) is 1. The number of aryl methyl sites for hydroxylation is 2. The van der Waals surface area contributed by atoms with Gasteiger partial charge in [0.25, 0.3) is 0 Å². The molecule has 20 heavy (non-hydrogen) atoms. The van der Waals surface area contributed by atoms with Crippen molar-refractivity contribution in [1.29, 1.82) is 0 Å². The van der Waals surface area contributed by atoms with E-state index in [0.717, 1.165) is 17.0 Å². The summed E-state index contributed by atoms with van der Waals surface area (Å²) in [7, 11) is 1.82. The van der Waals surface area contributed by atoms with E-state index in [2.05, 4.69) is 10.4 Å². The SMILES string of the molecule is CCC(C)C(NC(=O)Cc1c(C)nn(C)c1C)C(=O)O. The lowest BCUT2D eigenvalue weighted by Gasteiger charge is -2.20. The summed E-state index contributed by atoms with van der Waals surface area (Å²) < 4.78 is 1.72. The summed E-state index contributed by atoms with van der Waals surface area (Å²) in [4.78, 5) is 23.2. The number of hydrogen-bond acceptors (Lipinski definition) is 3. The highest BCUT2D eigenvalue weighted by molar-refractivity contribution is 5.85. The molecule has 2 unspecified atom stereocenters. The Hall–Kier alpha value is -1.85. The van der Waals surface area contributed by atoms with Gasteiger partial charge in [-0.2, -0.15) is 5.10 Å². The van der Waals surface area contributed by atoms with Crippen LogP contribution in [0.3, 0.4) is 0 Å². The molecule has 0 fully saturated rings. The second-order valence-corrected chi connectivity index (χ2v) is 5.22. The van der Waals surface area contributed by atoms with Gasteiger partial charge in [0.15, 0.2) is 0 Å². The third-order valence-electron chi connectivity index (χ3n) is 3.79. The van der Waals surface area contributed by atoms with Crippen LogP contribution < -0.4 is 5.32 Å². The number of rotatable bonds is 6. The van der Waals surface area contributed by atoms with Gasteiger partial charge in [0.2, 0.25) is 5.91 Å². The van der Waals surface area contributed by atoms with Gasteiger partial charge in [0.05, 0.1) is 12.1 Å². The minimum absolute atomic E-state index is 0.104. The van der Waals surface area contributed by atoms with Crippen molar-refractivity contribution in [3.63, 3.8) is 0 Å². The first kappa shape index (κ1) is 16.2. The lowest BCUT2D eigenvalue weighted by Crippen LogP contribution is -2.45. The second kappa shape index (κ2) is 6.54. The fourth-order valence-electron chi connectivity index (χ4n) is 2.14. The topological polar surface area (TPSA) is 84.2 Å². The van der Waals surface area contributed by atoms with E-state index in [1.165, 1.54) is 0 Å². The van der Waals surface area contributed by atoms with Crippen LogP contribution in [0.1, 0.15) is 37.2 Å². The van der Waals surface area contributed by atoms with Crippen molar-refractivity contribution in [3.05, 3.63) is 17.0 Å². The second-order valence-electron chi connectivity index (χ2n) is 5.22. The van der Waals surface area contributed by atoms with E-state index in [1.807, 2.05) is 34.7 Å². The first-order chi connectivity index (χ1) is 9.27. The van der Waals surface area contributed by atoms with Crippen molar-refractivity contribution >= 4 is 11.9 Å². The van der Waals surface area contributed by atoms with Crippen LogP contribution in [0, 0.1) is 19.8 Å². The van der Waals surface area contributed by atoms with E-state index in [0.29, 0.717) is 6.42 Å². The minimum atomic E-state index is -0.993. The van der Waals surface area contributed by atoms with E-state index in [-0.39, 0.29) is 18.2 Å². The third-order valence-corrected chi connectivity index (χ3v) is 3.79. The van der Waals surface area contributed by atoms with Crippen LogP contribution in [0.2, 0.25) is 0 Å². The molecular weight excluding hydrogens is 258 g/mol. The molecule has 0 saturated carbocycles. The fourth-order valence-corrected chi connectivity index (χ4v) is 2.14. The molecule has 1 heterocycles. The Labute approximate surface area is 119 Å². The first-order valence-electron chi connectivity index (χ1n) is 6.79. The molecule has 0 radical (unpaired) electrons. The maximum absolute atomic E-state index is 12.0. The number of nitrogens with zero attached hydrogens (tertiary/aromatic N) is 2. The number of aromatic nitrogens is 2. The quantitative estimate of drug-likeness (QED) is 0.820. The molecule has 0 spiro atoms. The monoisotopic (exact) mass is 281 g/mol. The highest BCUT2D eigenvalue weighted by Gasteiger charge is 2.26. The van der Waals surface area contributed by atoms with Crippen LogP contribution in [-0.4, -0.2) is 32.8 Å². The van der Waals surface area contributed by atoms with Gasteiger partial charge < -0.3 is 10.4 Å². The maximum Gasteiger partial charge on any atom is 0.326 e. The van der Waals surface area contributed by atoms with E-state index in [9.17, 15) is 14.7 Å². The molecular formula is C14H23N3O3. The fraction of sp³-hybridized carbons (Fsp3) is 0.643. The number of hydrogen-bond donors (Lipinski definition) is 2. The highest BCUT2D eigenvalue weighted by atomic mass is 16.4. The van der Waals surface area contributed by atoms with E-state index in [1.54, 1.807) is 4.68 Å². The molecule has 1 aromatic rings. The van der Waals surface area contributed by atoms with Crippen LogP contribution in [-0.2, 0) is 23.1 Å². The molecule has 1 rings (SSSR count). The highest BCUT2D eigenvalue weighted by Crippen LogP contribution is 2.13. The van der Waals surface area contributed by atoms with Crippen molar-refractivity contribution in [3.8, 4) is 0 Å². The first-order valence-corrected chi connectivity index (χ1v) is 6.79. The van der Waals surface area contributed by atoms with E-state index < -0.39 is 12.0 Å². The van der Waals surface area contributed by atoms with Crippen LogP contribution in [0.5, 0.6) is 0 Å². The number of carboxylic acid groups (broad SMARTS) is 1. The van der Waals surface area contributed by atoms with Crippen LogP contribution >= 0.6 is 0 Å². The zero-order chi connectivity index (χ0) is 15.4. The molecule has 0 aromatic carbocycles. The van der Waals surface area contributed by atoms with E-state index in [4.69, 9.17) is 0 Å². The number of aliphatic carboxylic acids is 1. The average Bonchev–Trinajstić information content (AvgIpc) is 2.61. The number of carboxylic acids is 1. The molecule has 1 aromatic heterocycles. The van der Waals surface area contributed by atoms with Gasteiger partial charge in [-0.1, -0.05) is 20.3 Å². The third kappa shape index (κ3) is 3.59. The van der Waals surface area contributed by atoms with Crippen molar-refractivity contribution < 1.29 is 14.7 Å². The van der Waals surface area contributed by atoms with Gasteiger partial charge >= 0.3 is 5.97 Å². The van der Waals surface area contributed by atoms with Crippen molar-refractivity contribution in [2.75, 3.05) is 0 Å². The summed E-state index contributed by atoms with van der Waals surface area (Å²) in [6, 6.07) is -0.843. The van der Waals surface area contributed by atoms with Crippen molar-refractivity contribution in [1.82, 2.24) is 15.1 Å². The molecule has 0 bridgehead atoms. The predicted molar refractivity (Wildman–Crippen MR) is 75.4 cm³/mol. The van der Waals surface area contributed by atoms with Gasteiger partial charge in [-0.05, 0) is 19.8 Å². The smallest absolute Gasteiger partial charge is 0.326 e. The number of carbonyl (C=O) groups is 2. The van der Waals surface area contributed by atoms with Crippen molar-refractivity contribution in [2.45, 2.75) is 46.6 Å². The van der Waals surface area contributed by atoms with E-state index >= 15 is 0 Å². The maximum atomic E-state index is 12.0. The minimum Gasteiger partial charge on any atom is -0.480 e. The predicted octanol–water partition coefficient (Wildman–Crippen LogP) is 1.19. The molecule has 2 atom stereocenters. The Morgan fingerprint density at radius 3 is 2.40 bits per heavy atom. The van der Waals surface area contributed by atoms with Gasteiger partial charge in [-0.25, -0.2) is 4.79 Å². The summed E-state index contributed by atoms with van der Waals surface area (Å²) in [6.45, 7) is 7.47. The largest absolute Gasteiger partial charge is 0.480 e. The summed E-state index contributed by atoms with van der Waals surface area (Å²) in [5.41, 5.74) is 2.59. The van der Waals surface area contributed by atoms with Gasteiger partial charge in [0, 0.05) is 18.3 Å². The van der Waals surface area contributed by atoms with Gasteiger partial charge in [-0.15, -0.1) is 0 Å². The average molecular weight is 281 g/mol. The molecule has 1 amide bonds. The molecule has 2 N–H and O–H groups in total. The zero-order valence-corrected chi connectivity index (χ0v) is 12.7. The molecule has 6 nitrogen and oxygen atoms in total. The molecule has 112 valence electrons. The zero-order valence-electron chi connectivity index (χ0n) is 12.7. The summed E-state index contributed by atoms with van der Waals surface area (Å²) in [5, 5.41) is 16.0. The van der Waals surface area contributed by atoms with Gasteiger partial charge in [0.1, 0.15) is 6.04 Å². The number of amides is 1. The van der Waals surface area contributed by atoms with Crippen molar-refractivity contribution in [2.24, 2.45) is 13.0 Å². The Bertz CT molecular complexity index is 508. The summed E-state index contributed by atoms with van der Waals surface area (Å²) >= 11 is 0. The van der Waals surface area contributed by atoms with Crippen LogP contribution in [0.4, 0.5) is 0 Å². The Kier molecular flexibility index (Phi) is 5.30. The molecule has 6 heteroatoms. The Balaban J connectivity index is 2.78. The Morgan fingerprint density at radius 2 is 2.00 bits per heavy atom. The lowest BCUT2D eigenvalue weighted by molar-refractivity contribution is -0.143. The van der Waals surface area contributed by atoms with Crippen LogP contribution in [0.25, 0.3) is 0 Å². The standard InChI is InChI=1S/C14H23N3O3/c1-6-8(2)13(14(19)20)15-12(18)7-11-9(3)16-17(5)10(11)4/h8,13H,6-7H2,1-5H3,(H,15,18)(H,19,20). The number of carbonyl (C=O) groups excluding carboxylic acids is 1. The molecule has 0 saturated heterocycles. The van der Waals surface area contributed by atoms with Crippen LogP contribution in [0.15, 0.2) is 0 Å².